The summed E-state index contributed by atoms with van der Waals surface area (Å²) < 4.78 is 5.97. The second-order valence-electron chi connectivity index (χ2n) is 4.99. The minimum atomic E-state index is 0.164. The van der Waals surface area contributed by atoms with Crippen molar-refractivity contribution in [2.24, 2.45) is 0 Å². The van der Waals surface area contributed by atoms with Crippen molar-refractivity contribution in [1.82, 2.24) is 5.32 Å². The third kappa shape index (κ3) is 1.54. The second-order valence-corrected chi connectivity index (χ2v) is 4.99. The molecule has 2 heteroatoms. The molecule has 1 saturated heterocycles. The zero-order chi connectivity index (χ0) is 11.0. The largest absolute Gasteiger partial charge is 0.460 e. The van der Waals surface area contributed by atoms with Crippen LogP contribution >= 0.6 is 0 Å². The van der Waals surface area contributed by atoms with Gasteiger partial charge in [0.1, 0.15) is 11.3 Å². The Morgan fingerprint density at radius 2 is 2.19 bits per heavy atom. The van der Waals surface area contributed by atoms with Gasteiger partial charge in [0.2, 0.25) is 0 Å². The first-order chi connectivity index (χ1) is 7.78. The van der Waals surface area contributed by atoms with Crippen LogP contribution in [0, 0.1) is 0 Å². The van der Waals surface area contributed by atoms with Crippen LogP contribution in [-0.4, -0.2) is 13.1 Å². The molecule has 0 spiro atoms. The van der Waals surface area contributed by atoms with Gasteiger partial charge in [-0.2, -0.15) is 0 Å². The predicted molar refractivity (Wildman–Crippen MR) is 65.7 cm³/mol. The minimum Gasteiger partial charge on any atom is -0.460 e. The molecule has 1 aliphatic heterocycles. The molecule has 0 aliphatic carbocycles. The van der Waals surface area contributed by atoms with Crippen LogP contribution in [-0.2, 0) is 5.41 Å². The van der Waals surface area contributed by atoms with E-state index < -0.39 is 0 Å². The van der Waals surface area contributed by atoms with Crippen LogP contribution in [0.15, 0.2) is 34.7 Å². The van der Waals surface area contributed by atoms with E-state index in [1.165, 1.54) is 18.2 Å². The van der Waals surface area contributed by atoms with E-state index in [0.29, 0.717) is 0 Å². The molecule has 3 rings (SSSR count). The smallest absolute Gasteiger partial charge is 0.134 e. The fourth-order valence-electron chi connectivity index (χ4n) is 2.55. The number of para-hydroxylation sites is 1. The lowest BCUT2D eigenvalue weighted by atomic mass is 9.80. The molecular weight excluding hydrogens is 198 g/mol. The number of fused-ring (bicyclic) bond motifs is 1. The molecule has 84 valence electrons. The lowest BCUT2D eigenvalue weighted by molar-refractivity contribution is 0.290. The molecule has 16 heavy (non-hydrogen) atoms. The van der Waals surface area contributed by atoms with Gasteiger partial charge >= 0.3 is 0 Å². The van der Waals surface area contributed by atoms with Gasteiger partial charge in [0, 0.05) is 17.3 Å². The molecule has 0 amide bonds. The molecule has 1 unspecified atom stereocenters. The molecule has 2 nitrogen and oxygen atoms in total. The van der Waals surface area contributed by atoms with Gasteiger partial charge < -0.3 is 9.73 Å². The second kappa shape index (κ2) is 3.63. The van der Waals surface area contributed by atoms with Crippen LogP contribution in [0.3, 0.4) is 0 Å². The average Bonchev–Trinajstić information content (AvgIpc) is 2.74. The van der Waals surface area contributed by atoms with Gasteiger partial charge in [-0.3, -0.25) is 0 Å². The minimum absolute atomic E-state index is 0.164. The van der Waals surface area contributed by atoms with Crippen molar-refractivity contribution >= 4 is 11.0 Å². The number of furan rings is 1. The Morgan fingerprint density at radius 1 is 1.31 bits per heavy atom. The zero-order valence-electron chi connectivity index (χ0n) is 9.62. The molecule has 2 heterocycles. The van der Waals surface area contributed by atoms with Crippen molar-refractivity contribution in [3.05, 3.63) is 36.1 Å². The van der Waals surface area contributed by atoms with Gasteiger partial charge in [-0.05, 0) is 31.5 Å². The molecule has 2 aromatic rings. The van der Waals surface area contributed by atoms with Gasteiger partial charge in [-0.25, -0.2) is 0 Å². The Kier molecular flexibility index (Phi) is 2.25. The van der Waals surface area contributed by atoms with Gasteiger partial charge in [0.15, 0.2) is 0 Å². The Balaban J connectivity index is 2.04. The van der Waals surface area contributed by atoms with Crippen molar-refractivity contribution in [1.29, 1.82) is 0 Å². The summed E-state index contributed by atoms with van der Waals surface area (Å²) in [5.74, 6) is 1.13. The first kappa shape index (κ1) is 9.91. The summed E-state index contributed by atoms with van der Waals surface area (Å²) >= 11 is 0. The highest BCUT2D eigenvalue weighted by Gasteiger charge is 2.31. The fraction of sp³-hybridized carbons (Fsp3) is 0.429. The molecule has 0 radical (unpaired) electrons. The predicted octanol–water partition coefficient (Wildman–Crippen LogP) is 3.07. The van der Waals surface area contributed by atoms with Crippen LogP contribution in [0.2, 0.25) is 0 Å². The lowest BCUT2D eigenvalue weighted by Crippen LogP contribution is -2.40. The summed E-state index contributed by atoms with van der Waals surface area (Å²) in [4.78, 5) is 0. The normalized spacial score (nSPS) is 26.1. The molecule has 1 aromatic carbocycles. The number of hydrogen-bond acceptors (Lipinski definition) is 2. The van der Waals surface area contributed by atoms with Gasteiger partial charge in [-0.1, -0.05) is 25.1 Å². The van der Waals surface area contributed by atoms with Crippen molar-refractivity contribution in [3.8, 4) is 0 Å². The van der Waals surface area contributed by atoms with E-state index >= 15 is 0 Å². The van der Waals surface area contributed by atoms with E-state index in [2.05, 4.69) is 30.4 Å². The molecule has 0 bridgehead atoms. The van der Waals surface area contributed by atoms with Crippen LogP contribution < -0.4 is 5.32 Å². The summed E-state index contributed by atoms with van der Waals surface area (Å²) in [7, 11) is 0. The third-order valence-electron chi connectivity index (χ3n) is 3.62. The van der Waals surface area contributed by atoms with Crippen molar-refractivity contribution in [3.63, 3.8) is 0 Å². The average molecular weight is 215 g/mol. The van der Waals surface area contributed by atoms with Gasteiger partial charge in [0.05, 0.1) is 0 Å². The van der Waals surface area contributed by atoms with Gasteiger partial charge in [-0.15, -0.1) is 0 Å². The quantitative estimate of drug-likeness (QED) is 0.790. The molecule has 1 atom stereocenters. The highest BCUT2D eigenvalue weighted by molar-refractivity contribution is 5.78. The SMILES string of the molecule is CC1(c2cc3ccccc3o2)CCCNC1. The van der Waals surface area contributed by atoms with Crippen LogP contribution in [0.1, 0.15) is 25.5 Å². The van der Waals surface area contributed by atoms with Gasteiger partial charge in [0.25, 0.3) is 0 Å². The fourth-order valence-corrected chi connectivity index (χ4v) is 2.55. The summed E-state index contributed by atoms with van der Waals surface area (Å²) in [5.41, 5.74) is 1.17. The van der Waals surface area contributed by atoms with E-state index in [-0.39, 0.29) is 5.41 Å². The van der Waals surface area contributed by atoms with Crippen molar-refractivity contribution < 1.29 is 4.42 Å². The molecule has 0 saturated carbocycles. The summed E-state index contributed by atoms with van der Waals surface area (Å²) in [6, 6.07) is 10.4. The molecule has 1 fully saturated rings. The van der Waals surface area contributed by atoms with Crippen LogP contribution in [0.5, 0.6) is 0 Å². The van der Waals surface area contributed by atoms with Crippen LogP contribution in [0.25, 0.3) is 11.0 Å². The number of rotatable bonds is 1. The number of benzene rings is 1. The van der Waals surface area contributed by atoms with E-state index in [1.54, 1.807) is 0 Å². The van der Waals surface area contributed by atoms with E-state index in [9.17, 15) is 0 Å². The highest BCUT2D eigenvalue weighted by Crippen LogP contribution is 2.34. The lowest BCUT2D eigenvalue weighted by Gasteiger charge is -2.32. The topological polar surface area (TPSA) is 25.2 Å². The van der Waals surface area contributed by atoms with E-state index in [4.69, 9.17) is 4.42 Å². The zero-order valence-corrected chi connectivity index (χ0v) is 9.62. The Bertz CT molecular complexity index is 461. The molecule has 1 aromatic heterocycles. The number of piperidine rings is 1. The first-order valence-corrected chi connectivity index (χ1v) is 5.98. The number of hydrogen-bond donors (Lipinski definition) is 1. The molecule has 1 aliphatic rings. The Hall–Kier alpha value is -1.28. The van der Waals surface area contributed by atoms with Crippen molar-refractivity contribution in [2.75, 3.05) is 13.1 Å². The van der Waals surface area contributed by atoms with Crippen LogP contribution in [0.4, 0.5) is 0 Å². The number of nitrogens with one attached hydrogen (secondary N) is 1. The summed E-state index contributed by atoms with van der Waals surface area (Å²) in [5, 5.41) is 4.67. The van der Waals surface area contributed by atoms with Crippen molar-refractivity contribution in [2.45, 2.75) is 25.2 Å². The Morgan fingerprint density at radius 3 is 2.94 bits per heavy atom. The summed E-state index contributed by atoms with van der Waals surface area (Å²) in [6.07, 6.45) is 2.44. The van der Waals surface area contributed by atoms with E-state index in [1.807, 2.05) is 12.1 Å². The third-order valence-corrected chi connectivity index (χ3v) is 3.62. The molecule has 1 N–H and O–H groups in total. The maximum Gasteiger partial charge on any atom is 0.134 e. The summed E-state index contributed by atoms with van der Waals surface area (Å²) in [6.45, 7) is 4.44. The first-order valence-electron chi connectivity index (χ1n) is 5.98. The molecular formula is C14H17NO. The Labute approximate surface area is 95.6 Å². The van der Waals surface area contributed by atoms with E-state index in [0.717, 1.165) is 24.4 Å². The standard InChI is InChI=1S/C14H17NO/c1-14(7-4-8-15-10-14)13-9-11-5-2-3-6-12(11)16-13/h2-3,5-6,9,15H,4,7-8,10H2,1H3. The maximum absolute atomic E-state index is 5.97. The maximum atomic E-state index is 5.97. The highest BCUT2D eigenvalue weighted by atomic mass is 16.3. The monoisotopic (exact) mass is 215 g/mol.